The summed E-state index contributed by atoms with van der Waals surface area (Å²) in [5.74, 6) is 0.718. The third kappa shape index (κ3) is 5.81. The van der Waals surface area contributed by atoms with E-state index in [1.54, 1.807) is 36.6 Å². The molecule has 228 valence electrons. The van der Waals surface area contributed by atoms with Gasteiger partial charge in [-0.2, -0.15) is 0 Å². The SMILES string of the molecule is CCCC1=C(C(=O)OCC)[C@H](c2ccc(C(C)C)cc2)n2c(s/c(=C\c3ccc(-c4cc(C)c(C)c([N+](=O)[O-])c4)o3)c2=O)=N1. The predicted octanol–water partition coefficient (Wildman–Crippen LogP) is 6.49. The minimum atomic E-state index is -0.696. The average Bonchev–Trinajstić information content (AvgIpc) is 3.58. The van der Waals surface area contributed by atoms with Gasteiger partial charge in [0.1, 0.15) is 11.5 Å². The zero-order chi connectivity index (χ0) is 31.7. The lowest BCUT2D eigenvalue weighted by atomic mass is 9.92. The first-order valence-corrected chi connectivity index (χ1v) is 15.5. The lowest BCUT2D eigenvalue weighted by molar-refractivity contribution is -0.385. The monoisotopic (exact) mass is 613 g/mol. The van der Waals surface area contributed by atoms with Gasteiger partial charge in [-0.25, -0.2) is 9.79 Å². The molecule has 0 fully saturated rings. The summed E-state index contributed by atoms with van der Waals surface area (Å²) in [6, 6.07) is 14.1. The van der Waals surface area contributed by atoms with E-state index in [2.05, 4.69) is 13.8 Å². The molecule has 0 amide bonds. The molecule has 1 aliphatic rings. The number of ether oxygens (including phenoxy) is 1. The van der Waals surface area contributed by atoms with Gasteiger partial charge in [-0.05, 0) is 68.0 Å². The van der Waals surface area contributed by atoms with Crippen LogP contribution in [0.4, 0.5) is 5.69 Å². The van der Waals surface area contributed by atoms with Crippen LogP contribution in [0.1, 0.15) is 80.5 Å². The Morgan fingerprint density at radius 2 is 1.89 bits per heavy atom. The smallest absolute Gasteiger partial charge is 0.338 e. The number of furan rings is 1. The van der Waals surface area contributed by atoms with Crippen molar-refractivity contribution in [2.24, 2.45) is 4.99 Å². The third-order valence-corrected chi connectivity index (χ3v) is 8.82. The first kappa shape index (κ1) is 30.9. The maximum absolute atomic E-state index is 14.0. The van der Waals surface area contributed by atoms with Gasteiger partial charge >= 0.3 is 5.97 Å². The van der Waals surface area contributed by atoms with Crippen molar-refractivity contribution < 1.29 is 18.9 Å². The highest BCUT2D eigenvalue weighted by Crippen LogP contribution is 2.34. The zero-order valence-electron chi connectivity index (χ0n) is 25.7. The number of esters is 1. The molecule has 1 aliphatic heterocycles. The predicted molar refractivity (Wildman–Crippen MR) is 170 cm³/mol. The van der Waals surface area contributed by atoms with Crippen molar-refractivity contribution in [2.45, 2.75) is 66.3 Å². The molecule has 10 heteroatoms. The fraction of sp³-hybridized carbons (Fsp3) is 0.324. The van der Waals surface area contributed by atoms with Crippen molar-refractivity contribution >= 4 is 29.1 Å². The molecule has 0 aliphatic carbocycles. The van der Waals surface area contributed by atoms with E-state index in [1.165, 1.54) is 17.4 Å². The van der Waals surface area contributed by atoms with E-state index in [0.717, 1.165) is 23.1 Å². The number of nitro groups is 1. The summed E-state index contributed by atoms with van der Waals surface area (Å²) in [4.78, 5) is 43.9. The van der Waals surface area contributed by atoms with Crippen LogP contribution < -0.4 is 14.9 Å². The van der Waals surface area contributed by atoms with E-state index in [-0.39, 0.29) is 17.9 Å². The number of aryl methyl sites for hydroxylation is 1. The van der Waals surface area contributed by atoms with Gasteiger partial charge in [0.25, 0.3) is 11.2 Å². The number of nitro benzene ring substituents is 1. The molecule has 9 nitrogen and oxygen atoms in total. The molecule has 0 N–H and O–H groups in total. The number of allylic oxidation sites excluding steroid dienone is 1. The largest absolute Gasteiger partial charge is 0.463 e. The highest BCUT2D eigenvalue weighted by molar-refractivity contribution is 7.07. The van der Waals surface area contributed by atoms with Crippen LogP contribution in [-0.2, 0) is 9.53 Å². The minimum absolute atomic E-state index is 0.0213. The number of carbonyl (C=O) groups excluding carboxylic acids is 1. The topological polar surface area (TPSA) is 117 Å². The van der Waals surface area contributed by atoms with Gasteiger partial charge < -0.3 is 9.15 Å². The van der Waals surface area contributed by atoms with Gasteiger partial charge in [0, 0.05) is 23.3 Å². The van der Waals surface area contributed by atoms with E-state index in [9.17, 15) is 19.7 Å². The highest BCUT2D eigenvalue weighted by atomic mass is 32.1. The van der Waals surface area contributed by atoms with Crippen LogP contribution in [0.3, 0.4) is 0 Å². The Kier molecular flexibility index (Phi) is 8.82. The fourth-order valence-corrected chi connectivity index (χ4v) is 6.39. The van der Waals surface area contributed by atoms with Crippen LogP contribution in [0.2, 0.25) is 0 Å². The summed E-state index contributed by atoms with van der Waals surface area (Å²) >= 11 is 1.23. The maximum Gasteiger partial charge on any atom is 0.338 e. The van der Waals surface area contributed by atoms with Gasteiger partial charge in [-0.3, -0.25) is 19.5 Å². The van der Waals surface area contributed by atoms with Gasteiger partial charge in [-0.15, -0.1) is 0 Å². The van der Waals surface area contributed by atoms with Crippen LogP contribution in [0.25, 0.3) is 17.4 Å². The Balaban J connectivity index is 1.65. The maximum atomic E-state index is 14.0. The second-order valence-electron chi connectivity index (χ2n) is 11.1. The Hall–Kier alpha value is -4.57. The summed E-state index contributed by atoms with van der Waals surface area (Å²) in [6.45, 7) is 11.7. The van der Waals surface area contributed by atoms with Crippen LogP contribution >= 0.6 is 11.3 Å². The van der Waals surface area contributed by atoms with Gasteiger partial charge in [0.05, 0.1) is 33.4 Å². The molecule has 44 heavy (non-hydrogen) atoms. The Bertz CT molecular complexity index is 1960. The third-order valence-electron chi connectivity index (χ3n) is 7.83. The molecular weight excluding hydrogens is 578 g/mol. The Morgan fingerprint density at radius 3 is 2.52 bits per heavy atom. The van der Waals surface area contributed by atoms with Crippen molar-refractivity contribution in [2.75, 3.05) is 6.61 Å². The van der Waals surface area contributed by atoms with E-state index in [0.29, 0.717) is 55.6 Å². The van der Waals surface area contributed by atoms with Crippen molar-refractivity contribution in [3.05, 3.63) is 118 Å². The van der Waals surface area contributed by atoms with Crippen LogP contribution in [0, 0.1) is 24.0 Å². The van der Waals surface area contributed by atoms with E-state index in [4.69, 9.17) is 14.1 Å². The number of fused-ring (bicyclic) bond motifs is 1. The van der Waals surface area contributed by atoms with Crippen molar-refractivity contribution in [1.82, 2.24) is 4.57 Å². The summed E-state index contributed by atoms with van der Waals surface area (Å²) in [5.41, 5.74) is 4.62. The molecule has 0 spiro atoms. The number of hydrogen-bond acceptors (Lipinski definition) is 8. The molecule has 2 aromatic carbocycles. The lowest BCUT2D eigenvalue weighted by Crippen LogP contribution is -2.40. The quantitative estimate of drug-likeness (QED) is 0.121. The molecule has 4 aromatic rings. The van der Waals surface area contributed by atoms with Gasteiger partial charge in [0.2, 0.25) is 0 Å². The number of carbonyl (C=O) groups is 1. The highest BCUT2D eigenvalue weighted by Gasteiger charge is 2.34. The second kappa shape index (κ2) is 12.6. The van der Waals surface area contributed by atoms with Crippen molar-refractivity contribution in [3.63, 3.8) is 0 Å². The van der Waals surface area contributed by atoms with Crippen LogP contribution in [-0.4, -0.2) is 22.1 Å². The van der Waals surface area contributed by atoms with Crippen LogP contribution in [0.5, 0.6) is 0 Å². The molecule has 0 unspecified atom stereocenters. The standard InChI is InChI=1S/C34H35N3O6S/c1-7-9-26-30(33(39)42-8-2)31(23-12-10-22(11-13-23)19(3)4)36-32(38)29(44-34(36)35-26)18-25-14-15-28(43-25)24-16-20(5)21(6)27(17-24)37(40)41/h10-19,31H,7-9H2,1-6H3/b29-18-/t31-/m0/s1. The molecule has 2 aromatic heterocycles. The Labute approximate surface area is 259 Å². The molecule has 0 saturated carbocycles. The summed E-state index contributed by atoms with van der Waals surface area (Å²) in [5, 5.41) is 11.6. The molecule has 0 saturated heterocycles. The number of thiazole rings is 1. The van der Waals surface area contributed by atoms with E-state index < -0.39 is 16.9 Å². The second-order valence-corrected chi connectivity index (χ2v) is 12.1. The number of rotatable bonds is 9. The number of nitrogens with zero attached hydrogens (tertiary/aromatic N) is 3. The van der Waals surface area contributed by atoms with Crippen LogP contribution in [0.15, 0.2) is 74.0 Å². The molecule has 3 heterocycles. The normalized spacial score (nSPS) is 15.0. The summed E-state index contributed by atoms with van der Waals surface area (Å²) < 4.78 is 13.5. The van der Waals surface area contributed by atoms with E-state index in [1.807, 2.05) is 44.2 Å². The molecule has 0 bridgehead atoms. The van der Waals surface area contributed by atoms with Gasteiger partial charge in [-0.1, -0.05) is 62.8 Å². The fourth-order valence-electron chi connectivity index (χ4n) is 5.39. The first-order chi connectivity index (χ1) is 21.0. The van der Waals surface area contributed by atoms with E-state index >= 15 is 0 Å². The number of aromatic nitrogens is 1. The molecule has 5 rings (SSSR count). The van der Waals surface area contributed by atoms with Crippen molar-refractivity contribution in [1.29, 1.82) is 0 Å². The zero-order valence-corrected chi connectivity index (χ0v) is 26.5. The summed E-state index contributed by atoms with van der Waals surface area (Å²) in [6.07, 6.45) is 2.97. The minimum Gasteiger partial charge on any atom is -0.463 e. The summed E-state index contributed by atoms with van der Waals surface area (Å²) in [7, 11) is 0. The molecule has 1 atom stereocenters. The lowest BCUT2D eigenvalue weighted by Gasteiger charge is -2.26. The Morgan fingerprint density at radius 1 is 1.16 bits per heavy atom. The number of hydrogen-bond donors (Lipinski definition) is 0. The average molecular weight is 614 g/mol. The van der Waals surface area contributed by atoms with Gasteiger partial charge in [0.15, 0.2) is 4.80 Å². The number of benzene rings is 2. The van der Waals surface area contributed by atoms with Crippen molar-refractivity contribution in [3.8, 4) is 11.3 Å². The first-order valence-electron chi connectivity index (χ1n) is 14.7. The molecular formula is C34H35N3O6S. The molecule has 0 radical (unpaired) electrons.